The number of aliphatic hydroxyl groups excluding tert-OH is 1. The van der Waals surface area contributed by atoms with Crippen LogP contribution in [0.15, 0.2) is 36.7 Å². The first-order valence-corrected chi connectivity index (χ1v) is 6.00. The minimum absolute atomic E-state index is 0.0371. The van der Waals surface area contributed by atoms with E-state index in [1.165, 1.54) is 19.5 Å². The third-order valence-electron chi connectivity index (χ3n) is 2.40. The molecule has 0 radical (unpaired) electrons. The van der Waals surface area contributed by atoms with Crippen molar-refractivity contribution in [2.24, 2.45) is 0 Å². The van der Waals surface area contributed by atoms with E-state index in [2.05, 4.69) is 9.97 Å². The van der Waals surface area contributed by atoms with Crippen molar-refractivity contribution in [2.45, 2.75) is 6.10 Å². The minimum Gasteiger partial charge on any atom is -0.490 e. The third kappa shape index (κ3) is 3.56. The molecule has 1 unspecified atom stereocenters. The molecule has 0 aliphatic heterocycles. The summed E-state index contributed by atoms with van der Waals surface area (Å²) in [5.74, 6) is 0.860. The molecule has 6 heteroatoms. The van der Waals surface area contributed by atoms with Gasteiger partial charge in [0.15, 0.2) is 0 Å². The van der Waals surface area contributed by atoms with E-state index in [1.54, 1.807) is 24.3 Å². The Labute approximate surface area is 115 Å². The van der Waals surface area contributed by atoms with Gasteiger partial charge in [-0.1, -0.05) is 17.7 Å². The molecule has 0 fully saturated rings. The predicted octanol–water partition coefficient (Wildman–Crippen LogP) is 2.25. The van der Waals surface area contributed by atoms with Gasteiger partial charge in [-0.05, 0) is 18.2 Å². The van der Waals surface area contributed by atoms with Crippen molar-refractivity contribution in [2.75, 3.05) is 13.7 Å². The average molecular weight is 281 g/mol. The Hall–Kier alpha value is -1.85. The van der Waals surface area contributed by atoms with Crippen LogP contribution >= 0.6 is 11.6 Å². The number of rotatable bonds is 5. The number of ether oxygens (including phenoxy) is 2. The minimum atomic E-state index is -0.928. The van der Waals surface area contributed by atoms with E-state index in [4.69, 9.17) is 21.1 Å². The first kappa shape index (κ1) is 13.6. The van der Waals surface area contributed by atoms with Gasteiger partial charge in [-0.2, -0.15) is 0 Å². The van der Waals surface area contributed by atoms with E-state index in [0.717, 1.165) is 0 Å². The maximum atomic E-state index is 10.0. The van der Waals surface area contributed by atoms with Crippen molar-refractivity contribution in [3.05, 3.63) is 47.4 Å². The maximum absolute atomic E-state index is 10.0. The summed E-state index contributed by atoms with van der Waals surface area (Å²) in [6, 6.07) is 6.94. The molecular formula is C13H13ClN2O3. The maximum Gasteiger partial charge on any atom is 0.238 e. The van der Waals surface area contributed by atoms with Gasteiger partial charge >= 0.3 is 0 Å². The van der Waals surface area contributed by atoms with E-state index in [-0.39, 0.29) is 12.5 Å². The van der Waals surface area contributed by atoms with Gasteiger partial charge in [-0.25, -0.2) is 4.98 Å². The Balaban J connectivity index is 2.03. The number of halogens is 1. The van der Waals surface area contributed by atoms with Crippen molar-refractivity contribution in [3.8, 4) is 11.6 Å². The lowest BCUT2D eigenvalue weighted by Crippen LogP contribution is -2.13. The number of aliphatic hydroxyl groups is 1. The molecule has 0 aliphatic rings. The van der Waals surface area contributed by atoms with Gasteiger partial charge in [0.05, 0.1) is 7.11 Å². The molecule has 0 spiro atoms. The van der Waals surface area contributed by atoms with Crippen LogP contribution in [0.3, 0.4) is 0 Å². The van der Waals surface area contributed by atoms with Crippen LogP contribution in [0.4, 0.5) is 0 Å². The van der Waals surface area contributed by atoms with Crippen molar-refractivity contribution < 1.29 is 14.6 Å². The van der Waals surface area contributed by atoms with Crippen LogP contribution < -0.4 is 9.47 Å². The molecular weight excluding hydrogens is 268 g/mol. The Morgan fingerprint density at radius 3 is 2.84 bits per heavy atom. The van der Waals surface area contributed by atoms with Crippen molar-refractivity contribution in [1.29, 1.82) is 0 Å². The van der Waals surface area contributed by atoms with Gasteiger partial charge in [0.25, 0.3) is 0 Å². The van der Waals surface area contributed by atoms with Gasteiger partial charge in [-0.15, -0.1) is 0 Å². The number of hydrogen-bond acceptors (Lipinski definition) is 5. The first-order valence-electron chi connectivity index (χ1n) is 5.62. The largest absolute Gasteiger partial charge is 0.490 e. The van der Waals surface area contributed by atoms with Crippen LogP contribution in [-0.4, -0.2) is 28.8 Å². The zero-order chi connectivity index (χ0) is 13.7. The van der Waals surface area contributed by atoms with Crippen LogP contribution in [0.25, 0.3) is 0 Å². The summed E-state index contributed by atoms with van der Waals surface area (Å²) in [5, 5.41) is 10.6. The summed E-state index contributed by atoms with van der Waals surface area (Å²) < 4.78 is 10.5. The fourth-order valence-electron chi connectivity index (χ4n) is 1.53. The van der Waals surface area contributed by atoms with Crippen molar-refractivity contribution in [1.82, 2.24) is 9.97 Å². The molecule has 1 N–H and O–H groups in total. The lowest BCUT2D eigenvalue weighted by Gasteiger charge is -2.13. The second-order valence-electron chi connectivity index (χ2n) is 3.74. The Kier molecular flexibility index (Phi) is 4.54. The Morgan fingerprint density at radius 2 is 2.11 bits per heavy atom. The summed E-state index contributed by atoms with van der Waals surface area (Å²) in [6.07, 6.45) is 2.05. The SMILES string of the molecule is COc1nccnc1C(O)COc1cccc(Cl)c1. The zero-order valence-electron chi connectivity index (χ0n) is 10.3. The molecule has 0 aliphatic carbocycles. The standard InChI is InChI=1S/C13H13ClN2O3/c1-18-13-12(15-5-6-16-13)11(17)8-19-10-4-2-3-9(14)7-10/h2-7,11,17H,8H2,1H3. The van der Waals surface area contributed by atoms with Crippen LogP contribution in [-0.2, 0) is 0 Å². The molecule has 1 atom stereocenters. The molecule has 1 heterocycles. The van der Waals surface area contributed by atoms with Gasteiger partial charge in [0.2, 0.25) is 5.88 Å². The highest BCUT2D eigenvalue weighted by atomic mass is 35.5. The lowest BCUT2D eigenvalue weighted by atomic mass is 10.2. The van der Waals surface area contributed by atoms with Crippen LogP contribution in [0.1, 0.15) is 11.8 Å². The van der Waals surface area contributed by atoms with Gasteiger partial charge in [0, 0.05) is 17.4 Å². The topological polar surface area (TPSA) is 64.5 Å². The molecule has 0 bridgehead atoms. The fraction of sp³-hybridized carbons (Fsp3) is 0.231. The molecule has 100 valence electrons. The van der Waals surface area contributed by atoms with Gasteiger partial charge in [-0.3, -0.25) is 4.98 Å². The number of nitrogens with zero attached hydrogens (tertiary/aromatic N) is 2. The van der Waals surface area contributed by atoms with Crippen LogP contribution in [0.5, 0.6) is 11.6 Å². The monoisotopic (exact) mass is 280 g/mol. The average Bonchev–Trinajstić information content (AvgIpc) is 2.45. The molecule has 1 aromatic carbocycles. The fourth-order valence-corrected chi connectivity index (χ4v) is 1.71. The van der Waals surface area contributed by atoms with E-state index < -0.39 is 6.10 Å². The Morgan fingerprint density at radius 1 is 1.32 bits per heavy atom. The summed E-state index contributed by atoms with van der Waals surface area (Å²) >= 11 is 5.84. The molecule has 2 aromatic rings. The molecule has 19 heavy (non-hydrogen) atoms. The summed E-state index contributed by atoms with van der Waals surface area (Å²) in [7, 11) is 1.47. The summed E-state index contributed by atoms with van der Waals surface area (Å²) in [4.78, 5) is 8.00. The molecule has 0 saturated carbocycles. The smallest absolute Gasteiger partial charge is 0.238 e. The number of aromatic nitrogens is 2. The number of methoxy groups -OCH3 is 1. The van der Waals surface area contributed by atoms with E-state index in [1.807, 2.05) is 0 Å². The number of hydrogen-bond donors (Lipinski definition) is 1. The molecule has 5 nitrogen and oxygen atoms in total. The van der Waals surface area contributed by atoms with E-state index in [9.17, 15) is 5.11 Å². The Bertz CT molecular complexity index is 551. The highest BCUT2D eigenvalue weighted by Gasteiger charge is 2.16. The van der Waals surface area contributed by atoms with Crippen LogP contribution in [0.2, 0.25) is 5.02 Å². The van der Waals surface area contributed by atoms with Gasteiger partial charge < -0.3 is 14.6 Å². The summed E-state index contributed by atoms with van der Waals surface area (Å²) in [5.41, 5.74) is 0.340. The molecule has 1 aromatic heterocycles. The molecule has 0 amide bonds. The molecule has 0 saturated heterocycles. The summed E-state index contributed by atoms with van der Waals surface area (Å²) in [6.45, 7) is 0.0371. The normalized spacial score (nSPS) is 11.9. The second kappa shape index (κ2) is 6.36. The highest BCUT2D eigenvalue weighted by molar-refractivity contribution is 6.30. The lowest BCUT2D eigenvalue weighted by molar-refractivity contribution is 0.101. The quantitative estimate of drug-likeness (QED) is 0.910. The number of benzene rings is 1. The van der Waals surface area contributed by atoms with Crippen molar-refractivity contribution >= 4 is 11.6 Å². The van der Waals surface area contributed by atoms with Crippen LogP contribution in [0, 0.1) is 0 Å². The molecule has 2 rings (SSSR count). The first-order chi connectivity index (χ1) is 9.20. The second-order valence-corrected chi connectivity index (χ2v) is 4.17. The van der Waals surface area contributed by atoms with Crippen molar-refractivity contribution in [3.63, 3.8) is 0 Å². The van der Waals surface area contributed by atoms with E-state index >= 15 is 0 Å². The van der Waals surface area contributed by atoms with E-state index in [0.29, 0.717) is 16.5 Å². The highest BCUT2D eigenvalue weighted by Crippen LogP contribution is 2.22. The predicted molar refractivity (Wildman–Crippen MR) is 70.5 cm³/mol. The zero-order valence-corrected chi connectivity index (χ0v) is 11.0. The third-order valence-corrected chi connectivity index (χ3v) is 2.64. The van der Waals surface area contributed by atoms with Gasteiger partial charge in [0.1, 0.15) is 24.2 Å².